The third-order valence-corrected chi connectivity index (χ3v) is 5.23. The Balaban J connectivity index is 1.58. The molecule has 2 aromatic carbocycles. The lowest BCUT2D eigenvalue weighted by atomic mass is 10.2. The van der Waals surface area contributed by atoms with Crippen LogP contribution in [-0.2, 0) is 5.75 Å². The van der Waals surface area contributed by atoms with Gasteiger partial charge in [-0.15, -0.1) is 10.2 Å². The molecule has 2 N–H and O–H groups in total. The summed E-state index contributed by atoms with van der Waals surface area (Å²) in [6.07, 6.45) is 0.927. The number of nitrogens with one attached hydrogen (secondary N) is 2. The Morgan fingerprint density at radius 2 is 1.87 bits per heavy atom. The summed E-state index contributed by atoms with van der Waals surface area (Å²) >= 11 is 6.83. The molecule has 0 bridgehead atoms. The van der Waals surface area contributed by atoms with Crippen LogP contribution in [0.2, 0.25) is 0 Å². The third-order valence-electron chi connectivity index (χ3n) is 4.04. The topological polar surface area (TPSA) is 81.1 Å². The van der Waals surface area contributed by atoms with Crippen LogP contribution in [0.1, 0.15) is 35.1 Å². The van der Waals surface area contributed by atoms with Gasteiger partial charge in [0.1, 0.15) is 11.6 Å². The first-order chi connectivity index (χ1) is 14.6. The molecule has 0 aliphatic carbocycles. The molecule has 0 saturated carbocycles. The van der Waals surface area contributed by atoms with Gasteiger partial charge in [-0.3, -0.25) is 15.5 Å². The molecule has 0 radical (unpaired) electrons. The smallest absolute Gasteiger partial charge is 0.257 e. The van der Waals surface area contributed by atoms with Crippen molar-refractivity contribution in [1.82, 2.24) is 20.2 Å². The summed E-state index contributed by atoms with van der Waals surface area (Å²) in [6, 6.07) is 17.0. The van der Waals surface area contributed by atoms with Crippen molar-refractivity contribution < 1.29 is 9.53 Å². The number of nitrogens with zero attached hydrogens (tertiary/aromatic N) is 3. The molecule has 3 rings (SSSR count). The number of rotatable bonds is 8. The zero-order valence-corrected chi connectivity index (χ0v) is 18.4. The predicted octanol–water partition coefficient (Wildman–Crippen LogP) is 3.93. The van der Waals surface area contributed by atoms with Crippen molar-refractivity contribution in [2.75, 3.05) is 12.0 Å². The monoisotopic (exact) mass is 441 g/mol. The summed E-state index contributed by atoms with van der Waals surface area (Å²) in [7, 11) is 0. The Labute approximate surface area is 185 Å². The SMILES string of the molecule is CCCOc1ccc(C(=O)NC(=S)Nn2c(C)nnc2SCc2ccccc2)cc1. The van der Waals surface area contributed by atoms with E-state index in [0.717, 1.165) is 17.9 Å². The Morgan fingerprint density at radius 3 is 2.57 bits per heavy atom. The Bertz CT molecular complexity index is 990. The molecule has 0 fully saturated rings. The van der Waals surface area contributed by atoms with Crippen molar-refractivity contribution in [3.8, 4) is 5.75 Å². The van der Waals surface area contributed by atoms with Crippen LogP contribution < -0.4 is 15.5 Å². The van der Waals surface area contributed by atoms with Gasteiger partial charge in [0.05, 0.1) is 6.61 Å². The molecular weight excluding hydrogens is 418 g/mol. The van der Waals surface area contributed by atoms with Crippen LogP contribution in [0.5, 0.6) is 5.75 Å². The summed E-state index contributed by atoms with van der Waals surface area (Å²) in [5.74, 6) is 1.80. The molecule has 1 aromatic heterocycles. The van der Waals surface area contributed by atoms with Gasteiger partial charge in [-0.05, 0) is 55.4 Å². The summed E-state index contributed by atoms with van der Waals surface area (Å²) in [4.78, 5) is 12.5. The maximum absolute atomic E-state index is 12.5. The second-order valence-electron chi connectivity index (χ2n) is 6.41. The zero-order valence-electron chi connectivity index (χ0n) is 16.8. The van der Waals surface area contributed by atoms with Crippen LogP contribution in [0.25, 0.3) is 0 Å². The number of hydrogen-bond donors (Lipinski definition) is 2. The van der Waals surface area contributed by atoms with Gasteiger partial charge >= 0.3 is 0 Å². The number of carbonyl (C=O) groups excluding carboxylic acids is 1. The van der Waals surface area contributed by atoms with E-state index < -0.39 is 0 Å². The number of thiocarbonyl (C=S) groups is 1. The fraction of sp³-hybridized carbons (Fsp3) is 0.238. The maximum Gasteiger partial charge on any atom is 0.257 e. The molecule has 0 atom stereocenters. The number of aryl methyl sites for hydroxylation is 1. The first kappa shape index (κ1) is 21.8. The van der Waals surface area contributed by atoms with E-state index in [4.69, 9.17) is 17.0 Å². The van der Waals surface area contributed by atoms with Gasteiger partial charge in [-0.1, -0.05) is 49.0 Å². The number of hydrogen-bond acceptors (Lipinski definition) is 6. The van der Waals surface area contributed by atoms with Crippen molar-refractivity contribution >= 4 is 35.0 Å². The highest BCUT2D eigenvalue weighted by Crippen LogP contribution is 2.20. The predicted molar refractivity (Wildman–Crippen MR) is 122 cm³/mol. The van der Waals surface area contributed by atoms with Crippen molar-refractivity contribution in [3.05, 3.63) is 71.5 Å². The van der Waals surface area contributed by atoms with E-state index in [0.29, 0.717) is 23.2 Å². The minimum absolute atomic E-state index is 0.163. The normalized spacial score (nSPS) is 10.5. The Morgan fingerprint density at radius 1 is 1.13 bits per heavy atom. The minimum atomic E-state index is -0.307. The average Bonchev–Trinajstić information content (AvgIpc) is 3.11. The molecule has 0 aliphatic heterocycles. The highest BCUT2D eigenvalue weighted by atomic mass is 32.2. The van der Waals surface area contributed by atoms with Crippen molar-refractivity contribution in [2.45, 2.75) is 31.2 Å². The van der Waals surface area contributed by atoms with Gasteiger partial charge in [-0.2, -0.15) is 0 Å². The lowest BCUT2D eigenvalue weighted by molar-refractivity contribution is 0.0977. The first-order valence-electron chi connectivity index (χ1n) is 9.50. The number of thioether (sulfide) groups is 1. The Hall–Kier alpha value is -2.91. The summed E-state index contributed by atoms with van der Waals surface area (Å²) in [5, 5.41) is 11.8. The second kappa shape index (κ2) is 10.7. The molecule has 0 spiro atoms. The molecule has 7 nitrogen and oxygen atoms in total. The van der Waals surface area contributed by atoms with Crippen molar-refractivity contribution in [3.63, 3.8) is 0 Å². The average molecular weight is 442 g/mol. The van der Waals surface area contributed by atoms with E-state index in [-0.39, 0.29) is 11.0 Å². The van der Waals surface area contributed by atoms with Crippen LogP contribution in [0.4, 0.5) is 0 Å². The largest absolute Gasteiger partial charge is 0.494 e. The number of amides is 1. The number of carbonyl (C=O) groups is 1. The van der Waals surface area contributed by atoms with Gasteiger partial charge in [0.25, 0.3) is 5.91 Å². The zero-order chi connectivity index (χ0) is 21.3. The van der Waals surface area contributed by atoms with Crippen LogP contribution in [0.15, 0.2) is 59.8 Å². The maximum atomic E-state index is 12.5. The fourth-order valence-electron chi connectivity index (χ4n) is 2.51. The number of ether oxygens (including phenoxy) is 1. The molecule has 1 heterocycles. The highest BCUT2D eigenvalue weighted by Gasteiger charge is 2.13. The molecule has 1 amide bonds. The molecule has 0 unspecified atom stereocenters. The van der Waals surface area contributed by atoms with E-state index >= 15 is 0 Å². The molecule has 9 heteroatoms. The molecule has 156 valence electrons. The standard InChI is InChI=1S/C21H23N5O2S2/c1-3-13-28-18-11-9-17(10-12-18)19(27)22-20(29)25-26-15(2)23-24-21(26)30-14-16-7-5-4-6-8-16/h4-12H,3,13-14H2,1-2H3,(H2,22,25,27,29). The van der Waals surface area contributed by atoms with Crippen LogP contribution >= 0.6 is 24.0 Å². The summed E-state index contributed by atoms with van der Waals surface area (Å²) in [6.45, 7) is 4.49. The van der Waals surface area contributed by atoms with Gasteiger partial charge in [0, 0.05) is 11.3 Å². The van der Waals surface area contributed by atoms with E-state index in [2.05, 4.69) is 33.1 Å². The fourth-order valence-corrected chi connectivity index (χ4v) is 3.59. The van der Waals surface area contributed by atoms with E-state index in [9.17, 15) is 4.79 Å². The van der Waals surface area contributed by atoms with Crippen molar-refractivity contribution in [2.24, 2.45) is 0 Å². The summed E-state index contributed by atoms with van der Waals surface area (Å²) < 4.78 is 7.20. The quantitative estimate of drug-likeness (QED) is 0.405. The number of benzene rings is 2. The first-order valence-corrected chi connectivity index (χ1v) is 10.9. The molecule has 30 heavy (non-hydrogen) atoms. The lowest BCUT2D eigenvalue weighted by Gasteiger charge is -2.13. The van der Waals surface area contributed by atoms with E-state index in [1.54, 1.807) is 28.9 Å². The molecule has 3 aromatic rings. The van der Waals surface area contributed by atoms with Crippen LogP contribution in [0, 0.1) is 6.92 Å². The van der Waals surface area contributed by atoms with Gasteiger partial charge in [-0.25, -0.2) is 4.68 Å². The van der Waals surface area contributed by atoms with Gasteiger partial charge in [0.2, 0.25) is 5.16 Å². The molecular formula is C21H23N5O2S2. The minimum Gasteiger partial charge on any atom is -0.494 e. The molecule has 0 aliphatic rings. The van der Waals surface area contributed by atoms with Crippen LogP contribution in [-0.4, -0.2) is 32.5 Å². The third kappa shape index (κ3) is 6.04. The second-order valence-corrected chi connectivity index (χ2v) is 7.76. The molecule has 0 saturated heterocycles. The van der Waals surface area contributed by atoms with Gasteiger partial charge in [0.15, 0.2) is 5.11 Å². The lowest BCUT2D eigenvalue weighted by Crippen LogP contribution is -2.38. The summed E-state index contributed by atoms with van der Waals surface area (Å²) in [5.41, 5.74) is 4.65. The van der Waals surface area contributed by atoms with E-state index in [1.165, 1.54) is 17.3 Å². The van der Waals surface area contributed by atoms with E-state index in [1.807, 2.05) is 32.0 Å². The number of aromatic nitrogens is 3. The Kier molecular flexibility index (Phi) is 7.81. The highest BCUT2D eigenvalue weighted by molar-refractivity contribution is 7.98. The van der Waals surface area contributed by atoms with Crippen LogP contribution in [0.3, 0.4) is 0 Å². The van der Waals surface area contributed by atoms with Crippen molar-refractivity contribution in [1.29, 1.82) is 0 Å². The van der Waals surface area contributed by atoms with Gasteiger partial charge < -0.3 is 4.74 Å².